The monoisotopic (exact) mass is 274 g/mol. The maximum Gasteiger partial charge on any atom is 0.303 e. The predicted molar refractivity (Wildman–Crippen MR) is 75.5 cm³/mol. The van der Waals surface area contributed by atoms with E-state index in [1.807, 2.05) is 42.8 Å². The van der Waals surface area contributed by atoms with Crippen molar-refractivity contribution in [1.29, 1.82) is 0 Å². The summed E-state index contributed by atoms with van der Waals surface area (Å²) in [6.45, 7) is 3.86. The van der Waals surface area contributed by atoms with Crippen molar-refractivity contribution in [3.8, 4) is 11.4 Å². The fourth-order valence-electron chi connectivity index (χ4n) is 2.19. The van der Waals surface area contributed by atoms with Gasteiger partial charge in [0.25, 0.3) is 0 Å². The van der Waals surface area contributed by atoms with Gasteiger partial charge in [-0.3, -0.25) is 4.79 Å². The molecule has 0 atom stereocenters. The quantitative estimate of drug-likeness (QED) is 0.910. The lowest BCUT2D eigenvalue weighted by Gasteiger charge is -2.12. The second-order valence-corrected chi connectivity index (χ2v) is 4.70. The van der Waals surface area contributed by atoms with Gasteiger partial charge in [0.1, 0.15) is 11.6 Å². The van der Waals surface area contributed by atoms with Gasteiger partial charge in [-0.25, -0.2) is 4.98 Å². The van der Waals surface area contributed by atoms with Gasteiger partial charge in [-0.15, -0.1) is 0 Å². The Labute approximate surface area is 117 Å². The summed E-state index contributed by atoms with van der Waals surface area (Å²) >= 11 is 0. The third-order valence-electron chi connectivity index (χ3n) is 3.13. The lowest BCUT2D eigenvalue weighted by atomic mass is 10.1. The van der Waals surface area contributed by atoms with Crippen LogP contribution in [0.4, 0.5) is 0 Å². The van der Waals surface area contributed by atoms with Gasteiger partial charge in [0, 0.05) is 12.6 Å². The van der Waals surface area contributed by atoms with E-state index >= 15 is 0 Å². The zero-order chi connectivity index (χ0) is 14.7. The first-order valence-electron chi connectivity index (χ1n) is 6.43. The number of hydrogen-bond acceptors (Lipinski definition) is 3. The highest BCUT2D eigenvalue weighted by Gasteiger charge is 2.11. The van der Waals surface area contributed by atoms with Crippen LogP contribution < -0.4 is 4.74 Å². The molecule has 5 nitrogen and oxygen atoms in total. The lowest BCUT2D eigenvalue weighted by Crippen LogP contribution is -2.02. The molecule has 0 amide bonds. The van der Waals surface area contributed by atoms with Crippen molar-refractivity contribution in [2.75, 3.05) is 7.11 Å². The van der Waals surface area contributed by atoms with Crippen LogP contribution in [0.25, 0.3) is 5.69 Å². The van der Waals surface area contributed by atoms with Crippen molar-refractivity contribution in [3.63, 3.8) is 0 Å². The van der Waals surface area contributed by atoms with E-state index in [2.05, 4.69) is 4.98 Å². The van der Waals surface area contributed by atoms with E-state index < -0.39 is 5.97 Å². The SMILES string of the molecule is COc1ccc(CCC(=O)O)cc1-n1cc(C)nc1C. The normalized spacial score (nSPS) is 10.6. The number of aliphatic carboxylic acids is 1. The minimum absolute atomic E-state index is 0.119. The van der Waals surface area contributed by atoms with Gasteiger partial charge >= 0.3 is 5.97 Å². The molecular weight excluding hydrogens is 256 g/mol. The highest BCUT2D eigenvalue weighted by molar-refractivity contribution is 5.67. The average Bonchev–Trinajstić information content (AvgIpc) is 2.75. The van der Waals surface area contributed by atoms with Crippen molar-refractivity contribution in [3.05, 3.63) is 41.5 Å². The van der Waals surface area contributed by atoms with Crippen LogP contribution in [0.5, 0.6) is 5.75 Å². The molecule has 2 aromatic rings. The Kier molecular flexibility index (Phi) is 4.08. The van der Waals surface area contributed by atoms with Gasteiger partial charge in [0.2, 0.25) is 0 Å². The van der Waals surface area contributed by atoms with Gasteiger partial charge in [-0.1, -0.05) is 6.07 Å². The van der Waals surface area contributed by atoms with Crippen molar-refractivity contribution in [1.82, 2.24) is 9.55 Å². The van der Waals surface area contributed by atoms with E-state index in [1.165, 1.54) is 0 Å². The molecule has 0 aliphatic carbocycles. The number of imidazole rings is 1. The van der Waals surface area contributed by atoms with Crippen LogP contribution in [-0.2, 0) is 11.2 Å². The summed E-state index contributed by atoms with van der Waals surface area (Å²) in [7, 11) is 1.62. The molecule has 1 aromatic carbocycles. The smallest absolute Gasteiger partial charge is 0.303 e. The first kappa shape index (κ1) is 14.1. The Morgan fingerprint density at radius 3 is 2.70 bits per heavy atom. The topological polar surface area (TPSA) is 64.3 Å². The summed E-state index contributed by atoms with van der Waals surface area (Å²) in [6.07, 6.45) is 2.56. The van der Waals surface area contributed by atoms with E-state index in [0.29, 0.717) is 6.42 Å². The fourth-order valence-corrected chi connectivity index (χ4v) is 2.19. The molecule has 1 aromatic heterocycles. The second kappa shape index (κ2) is 5.77. The Morgan fingerprint density at radius 2 is 2.15 bits per heavy atom. The van der Waals surface area contributed by atoms with E-state index in [4.69, 9.17) is 9.84 Å². The summed E-state index contributed by atoms with van der Waals surface area (Å²) in [6, 6.07) is 5.71. The van der Waals surface area contributed by atoms with Gasteiger partial charge in [-0.05, 0) is 38.0 Å². The van der Waals surface area contributed by atoms with Crippen LogP contribution >= 0.6 is 0 Å². The molecule has 1 heterocycles. The molecule has 0 fully saturated rings. The number of aryl methyl sites for hydroxylation is 3. The first-order valence-corrected chi connectivity index (χ1v) is 6.43. The van der Waals surface area contributed by atoms with Crippen LogP contribution in [0.2, 0.25) is 0 Å². The number of nitrogens with zero attached hydrogens (tertiary/aromatic N) is 2. The lowest BCUT2D eigenvalue weighted by molar-refractivity contribution is -0.136. The largest absolute Gasteiger partial charge is 0.495 e. The predicted octanol–water partition coefficient (Wildman–Crippen LogP) is 2.51. The molecule has 0 unspecified atom stereocenters. The van der Waals surface area contributed by atoms with Crippen molar-refractivity contribution in [2.45, 2.75) is 26.7 Å². The maximum atomic E-state index is 10.7. The fraction of sp³-hybridized carbons (Fsp3) is 0.333. The summed E-state index contributed by atoms with van der Waals surface area (Å²) in [5, 5.41) is 8.77. The van der Waals surface area contributed by atoms with Crippen molar-refractivity contribution < 1.29 is 14.6 Å². The Balaban J connectivity index is 2.41. The van der Waals surface area contributed by atoms with Crippen LogP contribution in [0, 0.1) is 13.8 Å². The number of rotatable bonds is 5. The molecule has 0 saturated heterocycles. The molecule has 0 aliphatic heterocycles. The summed E-state index contributed by atoms with van der Waals surface area (Å²) in [5.74, 6) is 0.817. The minimum atomic E-state index is -0.794. The second-order valence-electron chi connectivity index (χ2n) is 4.70. The molecule has 0 saturated carbocycles. The maximum absolute atomic E-state index is 10.7. The van der Waals surface area contributed by atoms with Crippen LogP contribution in [0.3, 0.4) is 0 Å². The molecule has 1 N–H and O–H groups in total. The highest BCUT2D eigenvalue weighted by atomic mass is 16.5. The third-order valence-corrected chi connectivity index (χ3v) is 3.13. The molecule has 20 heavy (non-hydrogen) atoms. The van der Waals surface area contributed by atoms with Gasteiger partial charge < -0.3 is 14.4 Å². The number of carboxylic acids is 1. The Bertz CT molecular complexity index is 632. The summed E-state index contributed by atoms with van der Waals surface area (Å²) < 4.78 is 7.34. The van der Waals surface area contributed by atoms with Crippen molar-refractivity contribution >= 4 is 5.97 Å². The molecule has 0 radical (unpaired) electrons. The standard InChI is InChI=1S/C15H18N2O3/c1-10-9-17(11(2)16-10)13-8-12(5-7-15(18)19)4-6-14(13)20-3/h4,6,8-9H,5,7H2,1-3H3,(H,18,19). The minimum Gasteiger partial charge on any atom is -0.495 e. The van der Waals surface area contributed by atoms with E-state index in [9.17, 15) is 4.79 Å². The third kappa shape index (κ3) is 2.99. The molecule has 106 valence electrons. The van der Waals surface area contributed by atoms with E-state index in [0.717, 1.165) is 28.5 Å². The number of carbonyl (C=O) groups is 1. The zero-order valence-electron chi connectivity index (χ0n) is 11.9. The van der Waals surface area contributed by atoms with Gasteiger partial charge in [-0.2, -0.15) is 0 Å². The van der Waals surface area contributed by atoms with Crippen LogP contribution in [0.1, 0.15) is 23.5 Å². The van der Waals surface area contributed by atoms with E-state index in [1.54, 1.807) is 7.11 Å². The number of methoxy groups -OCH3 is 1. The van der Waals surface area contributed by atoms with Crippen molar-refractivity contribution in [2.24, 2.45) is 0 Å². The Morgan fingerprint density at radius 1 is 1.40 bits per heavy atom. The molecule has 0 spiro atoms. The van der Waals surface area contributed by atoms with Gasteiger partial charge in [0.15, 0.2) is 0 Å². The number of benzene rings is 1. The molecule has 0 bridgehead atoms. The molecular formula is C15H18N2O3. The average molecular weight is 274 g/mol. The molecule has 0 aliphatic rings. The molecule has 2 rings (SSSR count). The zero-order valence-corrected chi connectivity index (χ0v) is 11.9. The molecule has 5 heteroatoms. The summed E-state index contributed by atoms with van der Waals surface area (Å²) in [5.41, 5.74) is 2.78. The highest BCUT2D eigenvalue weighted by Crippen LogP contribution is 2.26. The number of hydrogen-bond donors (Lipinski definition) is 1. The number of ether oxygens (including phenoxy) is 1. The van der Waals surface area contributed by atoms with Gasteiger partial charge in [0.05, 0.1) is 18.5 Å². The Hall–Kier alpha value is -2.30. The summed E-state index contributed by atoms with van der Waals surface area (Å²) in [4.78, 5) is 15.0. The number of carboxylic acid groups (broad SMARTS) is 1. The van der Waals surface area contributed by atoms with Crippen LogP contribution in [0.15, 0.2) is 24.4 Å². The van der Waals surface area contributed by atoms with Crippen LogP contribution in [-0.4, -0.2) is 27.7 Å². The van der Waals surface area contributed by atoms with E-state index in [-0.39, 0.29) is 6.42 Å². The first-order chi connectivity index (χ1) is 9.51. The number of aromatic nitrogens is 2.